The largest absolute Gasteiger partial charge is 0.350 e. The van der Waals surface area contributed by atoms with Crippen LogP contribution in [0.15, 0.2) is 42.0 Å². The van der Waals surface area contributed by atoms with Gasteiger partial charge in [-0.25, -0.2) is 0 Å². The number of carbonyl (C=O) groups is 1. The zero-order valence-corrected chi connectivity index (χ0v) is 16.2. The fraction of sp³-hybridized carbons (Fsp3) is 0.455. The molecule has 4 rings (SSSR count). The van der Waals surface area contributed by atoms with Crippen molar-refractivity contribution < 1.29 is 4.79 Å². The van der Waals surface area contributed by atoms with Crippen molar-refractivity contribution in [3.05, 3.63) is 58.9 Å². The van der Waals surface area contributed by atoms with Gasteiger partial charge in [-0.05, 0) is 43.5 Å². The summed E-state index contributed by atoms with van der Waals surface area (Å²) in [6.45, 7) is 8.96. The van der Waals surface area contributed by atoms with Crippen molar-refractivity contribution in [2.45, 2.75) is 46.3 Å². The molecule has 0 spiro atoms. The van der Waals surface area contributed by atoms with Crippen molar-refractivity contribution in [1.29, 1.82) is 0 Å². The van der Waals surface area contributed by atoms with Crippen molar-refractivity contribution in [1.82, 2.24) is 20.0 Å². The van der Waals surface area contributed by atoms with E-state index in [1.165, 1.54) is 23.3 Å². The van der Waals surface area contributed by atoms with Crippen LogP contribution in [0.1, 0.15) is 43.6 Å². The van der Waals surface area contributed by atoms with Gasteiger partial charge in [-0.3, -0.25) is 14.4 Å². The Kier molecular flexibility index (Phi) is 5.12. The Bertz CT molecular complexity index is 852. The second-order valence-corrected chi connectivity index (χ2v) is 7.59. The number of fused-ring (bicyclic) bond motifs is 1. The number of benzene rings is 1. The molecule has 0 fully saturated rings. The number of aromatic nitrogens is 2. The van der Waals surface area contributed by atoms with Crippen LogP contribution >= 0.6 is 0 Å². The number of nitrogens with zero attached hydrogens (tertiary/aromatic N) is 3. The van der Waals surface area contributed by atoms with E-state index in [1.54, 1.807) is 0 Å². The Morgan fingerprint density at radius 3 is 2.85 bits per heavy atom. The van der Waals surface area contributed by atoms with Gasteiger partial charge in [0.1, 0.15) is 0 Å². The fourth-order valence-electron chi connectivity index (χ4n) is 4.13. The van der Waals surface area contributed by atoms with Crippen LogP contribution < -0.4 is 5.32 Å². The van der Waals surface area contributed by atoms with Crippen molar-refractivity contribution in [2.24, 2.45) is 5.92 Å². The summed E-state index contributed by atoms with van der Waals surface area (Å²) in [6, 6.07) is 12.3. The first kappa shape index (κ1) is 18.0. The molecule has 0 radical (unpaired) electrons. The molecule has 1 N–H and O–H groups in total. The normalized spacial score (nSPS) is 19.6. The molecule has 142 valence electrons. The Hall–Kier alpha value is -2.40. The van der Waals surface area contributed by atoms with Crippen LogP contribution in [0, 0.1) is 5.92 Å². The van der Waals surface area contributed by atoms with Gasteiger partial charge in [0, 0.05) is 19.6 Å². The molecule has 0 saturated heterocycles. The van der Waals surface area contributed by atoms with Gasteiger partial charge in [-0.1, -0.05) is 42.8 Å². The number of rotatable bonds is 6. The average Bonchev–Trinajstić information content (AvgIpc) is 3.27. The predicted molar refractivity (Wildman–Crippen MR) is 107 cm³/mol. The first-order valence-electron chi connectivity index (χ1n) is 9.99. The highest BCUT2D eigenvalue weighted by Gasteiger charge is 2.39. The molecule has 1 unspecified atom stereocenters. The quantitative estimate of drug-likeness (QED) is 0.856. The zero-order chi connectivity index (χ0) is 18.8. The topological polar surface area (TPSA) is 50.2 Å². The van der Waals surface area contributed by atoms with E-state index in [4.69, 9.17) is 5.10 Å². The van der Waals surface area contributed by atoms with E-state index >= 15 is 0 Å². The standard InChI is InChI=1S/C22H28N4O/c1-3-10-25-11-7-12-26-19(15-25)13-18(24-26)14-23-22(27)21-16(2)20(21)17-8-5-4-6-9-17/h4-6,8-9,13,21H,3,7,10-12,14-15H2,1-2H3,(H,23,27). The first-order chi connectivity index (χ1) is 13.2. The monoisotopic (exact) mass is 364 g/mol. The molecule has 2 aliphatic rings. The maximum absolute atomic E-state index is 12.6. The SMILES string of the molecule is CCCN1CCCn2nc(CNC(=O)C3C(C)=C3c3ccccc3)cc2C1. The minimum absolute atomic E-state index is 0.0760. The zero-order valence-electron chi connectivity index (χ0n) is 16.2. The molecule has 1 aromatic heterocycles. The van der Waals surface area contributed by atoms with Crippen LogP contribution in [-0.2, 0) is 24.4 Å². The molecule has 5 heteroatoms. The molecule has 1 aromatic carbocycles. The van der Waals surface area contributed by atoms with E-state index in [9.17, 15) is 4.79 Å². The van der Waals surface area contributed by atoms with Crippen LogP contribution in [0.3, 0.4) is 0 Å². The molecule has 5 nitrogen and oxygen atoms in total. The van der Waals surface area contributed by atoms with Gasteiger partial charge in [-0.15, -0.1) is 0 Å². The number of amides is 1. The van der Waals surface area contributed by atoms with Crippen molar-refractivity contribution in [3.8, 4) is 0 Å². The highest BCUT2D eigenvalue weighted by molar-refractivity contribution is 6.05. The van der Waals surface area contributed by atoms with E-state index in [0.717, 1.165) is 43.9 Å². The van der Waals surface area contributed by atoms with E-state index in [2.05, 4.69) is 40.0 Å². The lowest BCUT2D eigenvalue weighted by Gasteiger charge is -2.17. The van der Waals surface area contributed by atoms with Gasteiger partial charge < -0.3 is 5.32 Å². The van der Waals surface area contributed by atoms with E-state index in [0.29, 0.717) is 6.54 Å². The molecule has 2 heterocycles. The van der Waals surface area contributed by atoms with Crippen LogP contribution in [0.5, 0.6) is 0 Å². The fourth-order valence-corrected chi connectivity index (χ4v) is 4.13. The molecule has 27 heavy (non-hydrogen) atoms. The third-order valence-corrected chi connectivity index (χ3v) is 5.54. The summed E-state index contributed by atoms with van der Waals surface area (Å²) in [5, 5.41) is 7.80. The molecule has 1 aliphatic carbocycles. The van der Waals surface area contributed by atoms with E-state index in [-0.39, 0.29) is 11.8 Å². The average molecular weight is 364 g/mol. The Morgan fingerprint density at radius 1 is 1.26 bits per heavy atom. The summed E-state index contributed by atoms with van der Waals surface area (Å²) < 4.78 is 2.12. The molecule has 1 atom stereocenters. The maximum Gasteiger partial charge on any atom is 0.232 e. The summed E-state index contributed by atoms with van der Waals surface area (Å²) in [6.07, 6.45) is 2.31. The van der Waals surface area contributed by atoms with Gasteiger partial charge in [0.25, 0.3) is 0 Å². The van der Waals surface area contributed by atoms with Gasteiger partial charge in [-0.2, -0.15) is 5.10 Å². The van der Waals surface area contributed by atoms with Crippen LogP contribution in [-0.4, -0.2) is 33.7 Å². The summed E-state index contributed by atoms with van der Waals surface area (Å²) >= 11 is 0. The van der Waals surface area contributed by atoms with E-state index in [1.807, 2.05) is 25.1 Å². The molecule has 1 amide bonds. The molecule has 0 bridgehead atoms. The highest BCUT2D eigenvalue weighted by Crippen LogP contribution is 2.46. The minimum atomic E-state index is -0.0760. The van der Waals surface area contributed by atoms with Crippen molar-refractivity contribution >= 4 is 11.5 Å². The smallest absolute Gasteiger partial charge is 0.232 e. The van der Waals surface area contributed by atoms with Crippen molar-refractivity contribution in [3.63, 3.8) is 0 Å². The first-order valence-corrected chi connectivity index (χ1v) is 9.99. The summed E-state index contributed by atoms with van der Waals surface area (Å²) in [4.78, 5) is 15.1. The molecular weight excluding hydrogens is 336 g/mol. The van der Waals surface area contributed by atoms with Gasteiger partial charge >= 0.3 is 0 Å². The second kappa shape index (κ2) is 7.69. The Labute approximate surface area is 161 Å². The predicted octanol–water partition coefficient (Wildman–Crippen LogP) is 3.22. The second-order valence-electron chi connectivity index (χ2n) is 7.59. The number of nitrogens with one attached hydrogen (secondary N) is 1. The van der Waals surface area contributed by atoms with Crippen LogP contribution in [0.4, 0.5) is 0 Å². The minimum Gasteiger partial charge on any atom is -0.350 e. The summed E-state index contributed by atoms with van der Waals surface area (Å²) in [5.74, 6) is 0.00930. The number of hydrogen-bond acceptors (Lipinski definition) is 3. The maximum atomic E-state index is 12.6. The highest BCUT2D eigenvalue weighted by atomic mass is 16.2. The molecule has 0 saturated carbocycles. The number of carbonyl (C=O) groups excluding carboxylic acids is 1. The lowest BCUT2D eigenvalue weighted by Crippen LogP contribution is -2.26. The Balaban J connectivity index is 1.35. The van der Waals surface area contributed by atoms with Gasteiger partial charge in [0.2, 0.25) is 5.91 Å². The molecule has 2 aromatic rings. The van der Waals surface area contributed by atoms with Crippen LogP contribution in [0.25, 0.3) is 5.57 Å². The Morgan fingerprint density at radius 2 is 2.07 bits per heavy atom. The number of aryl methyl sites for hydroxylation is 1. The van der Waals surface area contributed by atoms with Gasteiger partial charge in [0.05, 0.1) is 23.9 Å². The lowest BCUT2D eigenvalue weighted by atomic mass is 10.1. The van der Waals surface area contributed by atoms with Crippen LogP contribution in [0.2, 0.25) is 0 Å². The number of hydrogen-bond donors (Lipinski definition) is 1. The summed E-state index contributed by atoms with van der Waals surface area (Å²) in [7, 11) is 0. The summed E-state index contributed by atoms with van der Waals surface area (Å²) in [5.41, 5.74) is 5.71. The third kappa shape index (κ3) is 3.83. The molecule has 1 aliphatic heterocycles. The van der Waals surface area contributed by atoms with Gasteiger partial charge in [0.15, 0.2) is 0 Å². The third-order valence-electron chi connectivity index (χ3n) is 5.54. The van der Waals surface area contributed by atoms with Crippen molar-refractivity contribution in [2.75, 3.05) is 13.1 Å². The van der Waals surface area contributed by atoms with E-state index < -0.39 is 0 Å². The lowest BCUT2D eigenvalue weighted by molar-refractivity contribution is -0.121. The molecular formula is C22H28N4O.